The molecule has 0 rings (SSSR count). The Bertz CT molecular complexity index is 1460. The van der Waals surface area contributed by atoms with Crippen molar-refractivity contribution in [1.82, 2.24) is 0 Å². The predicted molar refractivity (Wildman–Crippen MR) is 333 cm³/mol. The number of phosphoric ester groups is 1. The van der Waals surface area contributed by atoms with Crippen LogP contribution in [-0.2, 0) is 32.7 Å². The summed E-state index contributed by atoms with van der Waals surface area (Å²) in [5, 5.41) is 0. The van der Waals surface area contributed by atoms with E-state index in [4.69, 9.17) is 18.5 Å². The molecule has 0 amide bonds. The summed E-state index contributed by atoms with van der Waals surface area (Å²) in [6.45, 7) is 4.28. The van der Waals surface area contributed by atoms with Crippen LogP contribution in [0.1, 0.15) is 322 Å². The molecular formula is C68H128NO8P. The van der Waals surface area contributed by atoms with E-state index in [1.54, 1.807) is 0 Å². The Hall–Kier alpha value is -2.03. The topological polar surface area (TPSA) is 111 Å². The van der Waals surface area contributed by atoms with Gasteiger partial charge in [0.25, 0.3) is 7.82 Å². The van der Waals surface area contributed by atoms with Gasteiger partial charge in [0.05, 0.1) is 27.7 Å². The minimum Gasteiger partial charge on any atom is -0.756 e. The van der Waals surface area contributed by atoms with Crippen LogP contribution in [0.25, 0.3) is 0 Å². The molecule has 0 aliphatic heterocycles. The minimum atomic E-state index is -4.64. The van der Waals surface area contributed by atoms with Crippen LogP contribution in [0, 0.1) is 0 Å². The zero-order chi connectivity index (χ0) is 57.0. The summed E-state index contributed by atoms with van der Waals surface area (Å²) in [5.41, 5.74) is 0. The Labute approximate surface area is 484 Å². The minimum absolute atomic E-state index is 0.0299. The number of quaternary nitrogens is 1. The molecule has 0 radical (unpaired) electrons. The molecule has 2 atom stereocenters. The van der Waals surface area contributed by atoms with Gasteiger partial charge in [0.2, 0.25) is 0 Å². The molecule has 0 heterocycles. The largest absolute Gasteiger partial charge is 0.756 e. The Morgan fingerprint density at radius 1 is 0.397 bits per heavy atom. The molecule has 10 heteroatoms. The van der Waals surface area contributed by atoms with E-state index in [-0.39, 0.29) is 32.0 Å². The lowest BCUT2D eigenvalue weighted by Gasteiger charge is -2.28. The third-order valence-electron chi connectivity index (χ3n) is 14.8. The molecule has 0 aliphatic rings. The van der Waals surface area contributed by atoms with E-state index in [9.17, 15) is 19.0 Å². The number of carbonyl (C=O) groups excluding carboxylic acids is 2. The van der Waals surface area contributed by atoms with E-state index < -0.39 is 26.5 Å². The van der Waals surface area contributed by atoms with Gasteiger partial charge in [-0.1, -0.05) is 281 Å². The van der Waals surface area contributed by atoms with Crippen LogP contribution in [0.5, 0.6) is 0 Å². The van der Waals surface area contributed by atoms with Crippen molar-refractivity contribution in [2.75, 3.05) is 47.5 Å². The van der Waals surface area contributed by atoms with Crippen molar-refractivity contribution in [3.05, 3.63) is 48.6 Å². The molecule has 0 aromatic heterocycles. The molecular weight excluding hydrogens is 990 g/mol. The summed E-state index contributed by atoms with van der Waals surface area (Å²) < 4.78 is 34.3. The molecule has 9 nitrogen and oxygen atoms in total. The molecule has 0 saturated carbocycles. The van der Waals surface area contributed by atoms with Gasteiger partial charge in [0.15, 0.2) is 6.10 Å². The lowest BCUT2D eigenvalue weighted by Crippen LogP contribution is -2.37. The van der Waals surface area contributed by atoms with Crippen molar-refractivity contribution in [1.29, 1.82) is 0 Å². The summed E-state index contributed by atoms with van der Waals surface area (Å²) in [4.78, 5) is 38.0. The van der Waals surface area contributed by atoms with Crippen LogP contribution in [0.2, 0.25) is 0 Å². The van der Waals surface area contributed by atoms with Crippen molar-refractivity contribution < 1.29 is 42.1 Å². The van der Waals surface area contributed by atoms with Gasteiger partial charge in [0, 0.05) is 12.8 Å². The fourth-order valence-corrected chi connectivity index (χ4v) is 10.4. The van der Waals surface area contributed by atoms with Gasteiger partial charge in [-0.25, -0.2) is 0 Å². The fourth-order valence-electron chi connectivity index (χ4n) is 9.66. The van der Waals surface area contributed by atoms with E-state index in [1.165, 1.54) is 238 Å². The number of esters is 2. The zero-order valence-electron chi connectivity index (χ0n) is 52.1. The molecule has 0 bridgehead atoms. The quantitative estimate of drug-likeness (QED) is 0.0195. The van der Waals surface area contributed by atoms with Crippen molar-refractivity contribution in [3.63, 3.8) is 0 Å². The molecule has 0 spiro atoms. The highest BCUT2D eigenvalue weighted by Gasteiger charge is 2.22. The molecule has 0 aromatic carbocycles. The number of hydrogen-bond acceptors (Lipinski definition) is 8. The van der Waals surface area contributed by atoms with Crippen molar-refractivity contribution in [2.24, 2.45) is 0 Å². The molecule has 0 saturated heterocycles. The average molecular weight is 1120 g/mol. The second-order valence-electron chi connectivity index (χ2n) is 23.8. The summed E-state index contributed by atoms with van der Waals surface area (Å²) >= 11 is 0. The smallest absolute Gasteiger partial charge is 0.306 e. The second kappa shape index (κ2) is 59.6. The number of allylic oxidation sites excluding steroid dienone is 8. The maximum absolute atomic E-state index is 12.8. The van der Waals surface area contributed by atoms with E-state index in [0.29, 0.717) is 17.4 Å². The van der Waals surface area contributed by atoms with Crippen LogP contribution in [-0.4, -0.2) is 70.0 Å². The van der Waals surface area contributed by atoms with Gasteiger partial charge in [-0.05, 0) is 77.0 Å². The third kappa shape index (κ3) is 63.2. The van der Waals surface area contributed by atoms with Crippen LogP contribution in [0.3, 0.4) is 0 Å². The molecule has 458 valence electrons. The standard InChI is InChI=1S/C68H128NO8P/c1-6-8-10-12-14-16-18-20-22-24-26-28-30-31-32-33-34-35-36-37-39-41-43-45-47-49-51-53-55-57-59-61-68(71)77-66(65-76-78(72,73)75-63-62-69(3,4)5)64-74-67(70)60-58-56-54-52-50-48-46-44-42-40-38-29-27-25-23-21-19-17-15-13-11-9-7-2/h18,20,24-27,30-31,66H,6-17,19,21-23,28-29,32-65H2,1-5H3/b20-18-,26-24-,27-25-,31-30-. The maximum Gasteiger partial charge on any atom is 0.306 e. The first kappa shape index (κ1) is 76.0. The van der Waals surface area contributed by atoms with E-state index in [2.05, 4.69) is 62.5 Å². The number of rotatable bonds is 62. The number of ether oxygens (including phenoxy) is 2. The lowest BCUT2D eigenvalue weighted by atomic mass is 10.0. The maximum atomic E-state index is 12.8. The van der Waals surface area contributed by atoms with Crippen LogP contribution in [0.4, 0.5) is 0 Å². The molecule has 0 aromatic rings. The average Bonchev–Trinajstić information content (AvgIpc) is 3.40. The third-order valence-corrected chi connectivity index (χ3v) is 15.8. The summed E-state index contributed by atoms with van der Waals surface area (Å²) in [6.07, 6.45) is 76.1. The zero-order valence-corrected chi connectivity index (χ0v) is 53.0. The number of carbonyl (C=O) groups is 2. The monoisotopic (exact) mass is 1120 g/mol. The molecule has 78 heavy (non-hydrogen) atoms. The fraction of sp³-hybridized carbons (Fsp3) is 0.853. The Morgan fingerprint density at radius 2 is 0.692 bits per heavy atom. The molecule has 2 unspecified atom stereocenters. The van der Waals surface area contributed by atoms with Crippen molar-refractivity contribution >= 4 is 19.8 Å². The van der Waals surface area contributed by atoms with Gasteiger partial charge in [0.1, 0.15) is 19.8 Å². The van der Waals surface area contributed by atoms with Crippen molar-refractivity contribution in [2.45, 2.75) is 328 Å². The van der Waals surface area contributed by atoms with Gasteiger partial charge < -0.3 is 27.9 Å². The first-order chi connectivity index (χ1) is 38.0. The highest BCUT2D eigenvalue weighted by atomic mass is 31.2. The predicted octanol–water partition coefficient (Wildman–Crippen LogP) is 20.6. The van der Waals surface area contributed by atoms with Crippen molar-refractivity contribution in [3.8, 4) is 0 Å². The van der Waals surface area contributed by atoms with E-state index in [1.807, 2.05) is 21.1 Å². The van der Waals surface area contributed by atoms with Gasteiger partial charge in [-0.15, -0.1) is 0 Å². The molecule has 0 fully saturated rings. The SMILES string of the molecule is CCCCCCC/C=C\C/C=C\C/C=C\CCCCCCCCCCCCCCCCCCC(=O)OC(COC(=O)CCCCCCCCCCCCC/C=C\CCCCCCCCCC)COP(=O)([O-])OCC[N+](C)(C)C. The van der Waals surface area contributed by atoms with Gasteiger partial charge in [-0.3, -0.25) is 14.2 Å². The normalized spacial score (nSPS) is 13.5. The summed E-state index contributed by atoms with van der Waals surface area (Å²) in [5.74, 6) is -0.820. The number of hydrogen-bond donors (Lipinski definition) is 0. The first-order valence-electron chi connectivity index (χ1n) is 33.3. The Balaban J connectivity index is 4.05. The van der Waals surface area contributed by atoms with E-state index >= 15 is 0 Å². The Morgan fingerprint density at radius 3 is 1.04 bits per heavy atom. The van der Waals surface area contributed by atoms with Gasteiger partial charge >= 0.3 is 11.9 Å². The van der Waals surface area contributed by atoms with Crippen LogP contribution in [0.15, 0.2) is 48.6 Å². The van der Waals surface area contributed by atoms with Crippen LogP contribution < -0.4 is 4.89 Å². The number of unbranched alkanes of at least 4 members (excludes halogenated alkanes) is 40. The molecule has 0 N–H and O–H groups in total. The Kier molecular flexibility index (Phi) is 58.0. The second-order valence-corrected chi connectivity index (χ2v) is 25.2. The van der Waals surface area contributed by atoms with Gasteiger partial charge in [-0.2, -0.15) is 0 Å². The highest BCUT2D eigenvalue weighted by Crippen LogP contribution is 2.38. The van der Waals surface area contributed by atoms with E-state index in [0.717, 1.165) is 51.4 Å². The number of phosphoric acid groups is 1. The lowest BCUT2D eigenvalue weighted by molar-refractivity contribution is -0.870. The first-order valence-corrected chi connectivity index (χ1v) is 34.8. The number of nitrogens with zero attached hydrogens (tertiary/aromatic N) is 1. The number of likely N-dealkylation sites (N-methyl/N-ethyl adjacent to an activating group) is 1. The van der Waals surface area contributed by atoms with Crippen LogP contribution >= 0.6 is 7.82 Å². The summed E-state index contributed by atoms with van der Waals surface area (Å²) in [6, 6.07) is 0. The molecule has 0 aliphatic carbocycles. The summed E-state index contributed by atoms with van der Waals surface area (Å²) in [7, 11) is 1.18. The highest BCUT2D eigenvalue weighted by molar-refractivity contribution is 7.45.